The molecule has 0 unspecified atom stereocenters. The monoisotopic (exact) mass is 247 g/mol. The molecule has 0 aliphatic rings. The van der Waals surface area contributed by atoms with Crippen LogP contribution in [0.2, 0.25) is 0 Å². The number of thiazole rings is 1. The van der Waals surface area contributed by atoms with E-state index in [1.54, 1.807) is 12.4 Å². The van der Waals surface area contributed by atoms with E-state index in [1.807, 2.05) is 36.6 Å². The zero-order valence-corrected chi connectivity index (χ0v) is 10.3. The third kappa shape index (κ3) is 3.29. The van der Waals surface area contributed by atoms with Crippen molar-refractivity contribution in [2.75, 3.05) is 12.0 Å². The minimum absolute atomic E-state index is 0.644. The lowest BCUT2D eigenvalue weighted by molar-refractivity contribution is 0.340. The molecule has 0 aliphatic heterocycles. The molecule has 0 aliphatic carbocycles. The summed E-state index contributed by atoms with van der Waals surface area (Å²) in [5, 5.41) is 6.79. The summed E-state index contributed by atoms with van der Waals surface area (Å²) in [6.45, 7) is 2.60. The molecule has 1 heterocycles. The second-order valence-electron chi connectivity index (χ2n) is 3.18. The lowest BCUT2D eigenvalue weighted by Gasteiger charge is -2.05. The van der Waals surface area contributed by atoms with E-state index in [0.29, 0.717) is 6.61 Å². The molecule has 88 valence electrons. The van der Waals surface area contributed by atoms with Crippen LogP contribution in [0.1, 0.15) is 12.5 Å². The molecule has 1 aromatic heterocycles. The van der Waals surface area contributed by atoms with Crippen LogP contribution in [0.25, 0.3) is 0 Å². The van der Waals surface area contributed by atoms with Gasteiger partial charge in [-0.15, -0.1) is 11.3 Å². The fourth-order valence-corrected chi connectivity index (χ4v) is 1.79. The van der Waals surface area contributed by atoms with Gasteiger partial charge >= 0.3 is 0 Å². The highest BCUT2D eigenvalue weighted by Gasteiger charge is 1.98. The lowest BCUT2D eigenvalue weighted by atomic mass is 10.2. The Morgan fingerprint density at radius 1 is 1.47 bits per heavy atom. The Bertz CT molecular complexity index is 482. The average Bonchev–Trinajstić information content (AvgIpc) is 2.85. The summed E-state index contributed by atoms with van der Waals surface area (Å²) in [7, 11) is 0. The number of rotatable bonds is 5. The lowest BCUT2D eigenvalue weighted by Crippen LogP contribution is -1.96. The first-order chi connectivity index (χ1) is 8.40. The van der Waals surface area contributed by atoms with E-state index < -0.39 is 0 Å². The largest absolute Gasteiger partial charge is 0.493 e. The summed E-state index contributed by atoms with van der Waals surface area (Å²) < 4.78 is 5.49. The van der Waals surface area contributed by atoms with Crippen molar-refractivity contribution in [1.29, 1.82) is 0 Å². The number of hydrazone groups is 1. The molecule has 1 N–H and O–H groups in total. The number of anilines is 1. The molecule has 0 radical (unpaired) electrons. The van der Waals surface area contributed by atoms with E-state index in [9.17, 15) is 0 Å². The van der Waals surface area contributed by atoms with Gasteiger partial charge in [-0.2, -0.15) is 5.10 Å². The van der Waals surface area contributed by atoms with Gasteiger partial charge in [0.15, 0.2) is 0 Å². The fourth-order valence-electron chi connectivity index (χ4n) is 1.31. The van der Waals surface area contributed by atoms with Crippen LogP contribution in [0.15, 0.2) is 40.9 Å². The zero-order valence-electron chi connectivity index (χ0n) is 9.46. The fraction of sp³-hybridized carbons (Fsp3) is 0.167. The van der Waals surface area contributed by atoms with Crippen molar-refractivity contribution in [2.24, 2.45) is 5.10 Å². The molecule has 0 saturated heterocycles. The SMILES string of the molecule is CCOc1ccccc1/C=N/Nc1nccs1. The Labute approximate surface area is 104 Å². The summed E-state index contributed by atoms with van der Waals surface area (Å²) in [5.74, 6) is 0.833. The van der Waals surface area contributed by atoms with Crippen molar-refractivity contribution < 1.29 is 4.74 Å². The smallest absolute Gasteiger partial charge is 0.203 e. The highest BCUT2D eigenvalue weighted by molar-refractivity contribution is 7.13. The first-order valence-electron chi connectivity index (χ1n) is 5.30. The molecule has 0 spiro atoms. The maximum absolute atomic E-state index is 5.49. The second-order valence-corrected chi connectivity index (χ2v) is 4.07. The van der Waals surface area contributed by atoms with E-state index >= 15 is 0 Å². The van der Waals surface area contributed by atoms with Crippen molar-refractivity contribution in [2.45, 2.75) is 6.92 Å². The van der Waals surface area contributed by atoms with Gasteiger partial charge in [0, 0.05) is 17.1 Å². The molecule has 17 heavy (non-hydrogen) atoms. The zero-order chi connectivity index (χ0) is 11.9. The third-order valence-corrected chi connectivity index (χ3v) is 2.69. The molecular formula is C12H13N3OS. The van der Waals surface area contributed by atoms with Crippen molar-refractivity contribution in [1.82, 2.24) is 4.98 Å². The molecule has 0 atom stereocenters. The Kier molecular flexibility index (Phi) is 4.10. The number of hydrogen-bond donors (Lipinski definition) is 1. The summed E-state index contributed by atoms with van der Waals surface area (Å²) in [6.07, 6.45) is 3.46. The molecular weight excluding hydrogens is 234 g/mol. The van der Waals surface area contributed by atoms with Crippen LogP contribution in [0.3, 0.4) is 0 Å². The molecule has 5 heteroatoms. The van der Waals surface area contributed by atoms with Crippen LogP contribution in [0, 0.1) is 0 Å². The van der Waals surface area contributed by atoms with Gasteiger partial charge in [0.1, 0.15) is 5.75 Å². The Morgan fingerprint density at radius 3 is 3.12 bits per heavy atom. The van der Waals surface area contributed by atoms with E-state index in [4.69, 9.17) is 4.74 Å². The van der Waals surface area contributed by atoms with Crippen LogP contribution in [-0.4, -0.2) is 17.8 Å². The van der Waals surface area contributed by atoms with Crippen LogP contribution < -0.4 is 10.2 Å². The second kappa shape index (κ2) is 6.00. The first kappa shape index (κ1) is 11.6. The normalized spacial score (nSPS) is 10.6. The Hall–Kier alpha value is -1.88. The molecule has 0 bridgehead atoms. The number of hydrogen-bond acceptors (Lipinski definition) is 5. The van der Waals surface area contributed by atoms with Crippen molar-refractivity contribution >= 4 is 22.7 Å². The number of benzene rings is 1. The van der Waals surface area contributed by atoms with Crippen LogP contribution in [-0.2, 0) is 0 Å². The van der Waals surface area contributed by atoms with Crippen molar-refractivity contribution in [3.8, 4) is 5.75 Å². The molecule has 1 aromatic carbocycles. The molecule has 0 fully saturated rings. The summed E-state index contributed by atoms with van der Waals surface area (Å²) in [5.41, 5.74) is 3.81. The van der Waals surface area contributed by atoms with E-state index in [1.165, 1.54) is 11.3 Å². The third-order valence-electron chi connectivity index (χ3n) is 2.01. The molecule has 0 amide bonds. The molecule has 0 saturated carbocycles. The minimum Gasteiger partial charge on any atom is -0.493 e. The summed E-state index contributed by atoms with van der Waals surface area (Å²) in [4.78, 5) is 4.07. The van der Waals surface area contributed by atoms with E-state index in [2.05, 4.69) is 15.5 Å². The van der Waals surface area contributed by atoms with Gasteiger partial charge in [-0.1, -0.05) is 12.1 Å². The van der Waals surface area contributed by atoms with Gasteiger partial charge in [-0.3, -0.25) is 5.43 Å². The predicted octanol–water partition coefficient (Wildman–Crippen LogP) is 2.99. The first-order valence-corrected chi connectivity index (χ1v) is 6.18. The summed E-state index contributed by atoms with van der Waals surface area (Å²) in [6, 6.07) is 7.77. The number of nitrogens with one attached hydrogen (secondary N) is 1. The van der Waals surface area contributed by atoms with Crippen LogP contribution in [0.5, 0.6) is 5.75 Å². The van der Waals surface area contributed by atoms with Gasteiger partial charge in [-0.25, -0.2) is 4.98 Å². The molecule has 2 rings (SSSR count). The average molecular weight is 247 g/mol. The number of ether oxygens (including phenoxy) is 1. The Morgan fingerprint density at radius 2 is 2.35 bits per heavy atom. The maximum Gasteiger partial charge on any atom is 0.203 e. The Balaban J connectivity index is 2.04. The standard InChI is InChI=1S/C12H13N3OS/c1-2-16-11-6-4-3-5-10(11)9-14-15-12-13-7-8-17-12/h3-9H,2H2,1H3,(H,13,15)/b14-9+. The van der Waals surface area contributed by atoms with E-state index in [0.717, 1.165) is 16.4 Å². The van der Waals surface area contributed by atoms with Gasteiger partial charge in [0.05, 0.1) is 12.8 Å². The molecule has 2 aromatic rings. The van der Waals surface area contributed by atoms with Gasteiger partial charge in [0.25, 0.3) is 0 Å². The van der Waals surface area contributed by atoms with Crippen LogP contribution >= 0.6 is 11.3 Å². The van der Waals surface area contributed by atoms with Gasteiger partial charge in [-0.05, 0) is 19.1 Å². The quantitative estimate of drug-likeness (QED) is 0.652. The highest BCUT2D eigenvalue weighted by atomic mass is 32.1. The highest BCUT2D eigenvalue weighted by Crippen LogP contribution is 2.16. The van der Waals surface area contributed by atoms with Crippen molar-refractivity contribution in [3.05, 3.63) is 41.4 Å². The van der Waals surface area contributed by atoms with Gasteiger partial charge < -0.3 is 4.74 Å². The number of aromatic nitrogens is 1. The number of nitrogens with zero attached hydrogens (tertiary/aromatic N) is 2. The minimum atomic E-state index is 0.644. The topological polar surface area (TPSA) is 46.5 Å². The predicted molar refractivity (Wildman–Crippen MR) is 70.9 cm³/mol. The number of para-hydroxylation sites is 1. The van der Waals surface area contributed by atoms with Crippen molar-refractivity contribution in [3.63, 3.8) is 0 Å². The maximum atomic E-state index is 5.49. The van der Waals surface area contributed by atoms with E-state index in [-0.39, 0.29) is 0 Å². The molecule has 4 nitrogen and oxygen atoms in total. The summed E-state index contributed by atoms with van der Waals surface area (Å²) >= 11 is 1.51. The van der Waals surface area contributed by atoms with Crippen LogP contribution in [0.4, 0.5) is 5.13 Å². The van der Waals surface area contributed by atoms with Gasteiger partial charge in [0.2, 0.25) is 5.13 Å².